The van der Waals surface area contributed by atoms with Crippen molar-refractivity contribution in [2.75, 3.05) is 13.2 Å². The van der Waals surface area contributed by atoms with Gasteiger partial charge in [0.25, 0.3) is 0 Å². The molecule has 3 rings (SSSR count). The molecule has 1 aromatic heterocycles. The van der Waals surface area contributed by atoms with Crippen LogP contribution in [-0.4, -0.2) is 18.1 Å². The first-order valence-corrected chi connectivity index (χ1v) is 8.61. The average Bonchev–Trinajstić information content (AvgIpc) is 3.10. The summed E-state index contributed by atoms with van der Waals surface area (Å²) in [6.07, 6.45) is 11.0. The van der Waals surface area contributed by atoms with E-state index in [0.717, 1.165) is 30.0 Å². The lowest BCUT2D eigenvalue weighted by atomic mass is 9.83. The Hall–Kier alpha value is -1.09. The molecule has 3 nitrogen and oxygen atoms in total. The smallest absolute Gasteiger partial charge is 0.137 e. The summed E-state index contributed by atoms with van der Waals surface area (Å²) in [4.78, 5) is 4.36. The van der Waals surface area contributed by atoms with E-state index >= 15 is 0 Å². The molecule has 0 aliphatic heterocycles. The lowest BCUT2D eigenvalue weighted by Crippen LogP contribution is -2.25. The highest BCUT2D eigenvalue weighted by Gasteiger charge is 2.40. The van der Waals surface area contributed by atoms with Crippen LogP contribution in [-0.2, 0) is 0 Å². The van der Waals surface area contributed by atoms with Crippen LogP contribution in [0.15, 0.2) is 18.5 Å². The highest BCUT2D eigenvalue weighted by Crippen LogP contribution is 2.50. The summed E-state index contributed by atoms with van der Waals surface area (Å²) in [5.41, 5.74) is 1.28. The standard InChI is InChI=1S/C18H28N2O/c1-3-20-18(10-15-8-13-5-6-14(15)7-13)16-9-17(21-4-2)12-19-11-16/h9,11-15,18,20H,3-8,10H2,1-2H3. The van der Waals surface area contributed by atoms with E-state index in [1.807, 2.05) is 19.3 Å². The van der Waals surface area contributed by atoms with E-state index in [1.54, 1.807) is 0 Å². The van der Waals surface area contributed by atoms with Crippen molar-refractivity contribution in [2.24, 2.45) is 17.8 Å². The van der Waals surface area contributed by atoms with Gasteiger partial charge in [-0.15, -0.1) is 0 Å². The Morgan fingerprint density at radius 2 is 2.19 bits per heavy atom. The molecule has 4 atom stereocenters. The summed E-state index contributed by atoms with van der Waals surface area (Å²) < 4.78 is 5.60. The summed E-state index contributed by atoms with van der Waals surface area (Å²) in [5, 5.41) is 3.66. The minimum Gasteiger partial charge on any atom is -0.492 e. The zero-order valence-electron chi connectivity index (χ0n) is 13.3. The molecule has 1 N–H and O–H groups in total. The van der Waals surface area contributed by atoms with Crippen LogP contribution in [0.3, 0.4) is 0 Å². The molecule has 4 unspecified atom stereocenters. The van der Waals surface area contributed by atoms with Crippen molar-refractivity contribution < 1.29 is 4.74 Å². The number of hydrogen-bond acceptors (Lipinski definition) is 3. The Kier molecular flexibility index (Phi) is 4.79. The van der Waals surface area contributed by atoms with E-state index in [1.165, 1.54) is 37.7 Å². The van der Waals surface area contributed by atoms with Crippen LogP contribution in [0.5, 0.6) is 5.75 Å². The monoisotopic (exact) mass is 288 g/mol. The van der Waals surface area contributed by atoms with Crippen molar-refractivity contribution in [2.45, 2.75) is 52.0 Å². The average molecular weight is 288 g/mol. The maximum atomic E-state index is 5.60. The van der Waals surface area contributed by atoms with Crippen LogP contribution in [0.4, 0.5) is 0 Å². The molecule has 3 heteroatoms. The number of ether oxygens (including phenoxy) is 1. The Balaban J connectivity index is 1.70. The fourth-order valence-corrected chi connectivity index (χ4v) is 4.42. The lowest BCUT2D eigenvalue weighted by molar-refractivity contribution is 0.279. The van der Waals surface area contributed by atoms with Gasteiger partial charge in [-0.05, 0) is 68.5 Å². The third-order valence-electron chi connectivity index (χ3n) is 5.32. The molecule has 1 aromatic rings. The van der Waals surface area contributed by atoms with Crippen molar-refractivity contribution in [3.8, 4) is 5.75 Å². The zero-order valence-corrected chi connectivity index (χ0v) is 13.3. The fraction of sp³-hybridized carbons (Fsp3) is 0.722. The van der Waals surface area contributed by atoms with Crippen LogP contribution < -0.4 is 10.1 Å². The fourth-order valence-electron chi connectivity index (χ4n) is 4.42. The molecule has 1 heterocycles. The van der Waals surface area contributed by atoms with Gasteiger partial charge in [0, 0.05) is 12.2 Å². The molecule has 0 radical (unpaired) electrons. The second kappa shape index (κ2) is 6.78. The summed E-state index contributed by atoms with van der Waals surface area (Å²) in [7, 11) is 0. The van der Waals surface area contributed by atoms with Gasteiger partial charge >= 0.3 is 0 Å². The summed E-state index contributed by atoms with van der Waals surface area (Å²) in [6, 6.07) is 2.59. The molecule has 21 heavy (non-hydrogen) atoms. The van der Waals surface area contributed by atoms with Crippen molar-refractivity contribution in [3.63, 3.8) is 0 Å². The Morgan fingerprint density at radius 3 is 2.86 bits per heavy atom. The van der Waals surface area contributed by atoms with E-state index in [4.69, 9.17) is 4.74 Å². The van der Waals surface area contributed by atoms with Crippen LogP contribution >= 0.6 is 0 Å². The van der Waals surface area contributed by atoms with Crippen molar-refractivity contribution in [1.82, 2.24) is 10.3 Å². The van der Waals surface area contributed by atoms with Gasteiger partial charge < -0.3 is 10.1 Å². The summed E-state index contributed by atoms with van der Waals surface area (Å²) >= 11 is 0. The molecule has 0 aromatic carbocycles. The molecular formula is C18H28N2O. The maximum absolute atomic E-state index is 5.60. The number of nitrogens with zero attached hydrogens (tertiary/aromatic N) is 1. The molecule has 116 valence electrons. The first-order valence-electron chi connectivity index (χ1n) is 8.61. The van der Waals surface area contributed by atoms with Gasteiger partial charge in [-0.25, -0.2) is 0 Å². The molecule has 2 bridgehead atoms. The molecular weight excluding hydrogens is 260 g/mol. The summed E-state index contributed by atoms with van der Waals surface area (Å²) in [6.45, 7) is 5.91. The first-order chi connectivity index (χ1) is 10.3. The lowest BCUT2D eigenvalue weighted by Gasteiger charge is -2.27. The topological polar surface area (TPSA) is 34.2 Å². The molecule has 2 aliphatic carbocycles. The highest BCUT2D eigenvalue weighted by atomic mass is 16.5. The third kappa shape index (κ3) is 3.39. The van der Waals surface area contributed by atoms with E-state index < -0.39 is 0 Å². The number of rotatable bonds is 7. The van der Waals surface area contributed by atoms with Crippen LogP contribution in [0, 0.1) is 17.8 Å². The highest BCUT2D eigenvalue weighted by molar-refractivity contribution is 5.26. The van der Waals surface area contributed by atoms with E-state index in [2.05, 4.69) is 23.3 Å². The number of fused-ring (bicyclic) bond motifs is 2. The Bertz CT molecular complexity index is 462. The van der Waals surface area contributed by atoms with Gasteiger partial charge in [-0.2, -0.15) is 0 Å². The van der Waals surface area contributed by atoms with E-state index in [0.29, 0.717) is 12.6 Å². The summed E-state index contributed by atoms with van der Waals surface area (Å²) in [5.74, 6) is 3.81. The van der Waals surface area contributed by atoms with E-state index in [-0.39, 0.29) is 0 Å². The minimum atomic E-state index is 0.423. The number of aromatic nitrogens is 1. The molecule has 0 spiro atoms. The van der Waals surface area contributed by atoms with Gasteiger partial charge in [0.15, 0.2) is 0 Å². The van der Waals surface area contributed by atoms with Crippen molar-refractivity contribution in [3.05, 3.63) is 24.0 Å². The molecule has 2 saturated carbocycles. The van der Waals surface area contributed by atoms with Crippen molar-refractivity contribution in [1.29, 1.82) is 0 Å². The predicted molar refractivity (Wildman–Crippen MR) is 85.4 cm³/mol. The zero-order chi connectivity index (χ0) is 14.7. The van der Waals surface area contributed by atoms with Crippen LogP contribution in [0.1, 0.15) is 57.6 Å². The van der Waals surface area contributed by atoms with Crippen LogP contribution in [0.25, 0.3) is 0 Å². The largest absolute Gasteiger partial charge is 0.492 e. The number of pyridine rings is 1. The maximum Gasteiger partial charge on any atom is 0.137 e. The first kappa shape index (κ1) is 14.8. The van der Waals surface area contributed by atoms with Gasteiger partial charge in [0.1, 0.15) is 5.75 Å². The van der Waals surface area contributed by atoms with Crippen LogP contribution in [0.2, 0.25) is 0 Å². The van der Waals surface area contributed by atoms with E-state index in [9.17, 15) is 0 Å². The second-order valence-corrected chi connectivity index (χ2v) is 6.67. The Labute approximate surface area is 128 Å². The SMILES string of the molecule is CCNC(CC1CC2CCC1C2)c1cncc(OCC)c1. The number of hydrogen-bond donors (Lipinski definition) is 1. The third-order valence-corrected chi connectivity index (χ3v) is 5.32. The number of nitrogens with one attached hydrogen (secondary N) is 1. The second-order valence-electron chi connectivity index (χ2n) is 6.67. The van der Waals surface area contributed by atoms with Gasteiger partial charge in [0.2, 0.25) is 0 Å². The molecule has 2 fully saturated rings. The Morgan fingerprint density at radius 1 is 1.29 bits per heavy atom. The quantitative estimate of drug-likeness (QED) is 0.824. The van der Waals surface area contributed by atoms with Gasteiger partial charge in [-0.1, -0.05) is 13.3 Å². The molecule has 0 amide bonds. The molecule has 0 saturated heterocycles. The van der Waals surface area contributed by atoms with Gasteiger partial charge in [0.05, 0.1) is 12.8 Å². The predicted octanol–water partition coefficient (Wildman–Crippen LogP) is 3.96. The van der Waals surface area contributed by atoms with Gasteiger partial charge in [-0.3, -0.25) is 4.98 Å². The minimum absolute atomic E-state index is 0.423. The normalized spacial score (nSPS) is 28.8. The van der Waals surface area contributed by atoms with Crippen molar-refractivity contribution >= 4 is 0 Å². The molecule has 2 aliphatic rings.